The number of carbonyl (C=O) groups excluding carboxylic acids is 5. The topological polar surface area (TPSA) is 962 Å². The molecule has 7 aliphatic heterocycles. The summed E-state index contributed by atoms with van der Waals surface area (Å²) >= 11 is -2.58. The zero-order valence-electron chi connectivity index (χ0n) is 61.6. The van der Waals surface area contributed by atoms with Crippen LogP contribution in [0.3, 0.4) is 0 Å². The van der Waals surface area contributed by atoms with E-state index in [-0.39, 0.29) is 357 Å². The van der Waals surface area contributed by atoms with Gasteiger partial charge in [0.05, 0.1) is 74.5 Å². The summed E-state index contributed by atoms with van der Waals surface area (Å²) in [5.74, 6) is -8.68. The molecule has 0 aromatic carbocycles. The molecular weight excluding hydrogens is 1780 g/mol. The van der Waals surface area contributed by atoms with Crippen molar-refractivity contribution in [3.05, 3.63) is 35.5 Å². The van der Waals surface area contributed by atoms with Gasteiger partial charge in [-0.2, -0.15) is 0 Å². The van der Waals surface area contributed by atoms with Crippen LogP contribution in [0.2, 0.25) is 0 Å². The minimum Gasteiger partial charge on any atom is -0.760 e. The minimum absolute atomic E-state index is 0. The zero-order valence-corrected chi connectivity index (χ0v) is 85.6. The molecule has 0 aliphatic carbocycles. The number of amides is 1. The fourth-order valence-corrected chi connectivity index (χ4v) is 10.7. The Balaban J connectivity index is -0.000000112. The third-order valence-electron chi connectivity index (χ3n) is 12.8. The maximum absolute atomic E-state index is 11.4. The maximum atomic E-state index is 11.4. The molecular formula is C44H70N3Na10O51S5+. The monoisotopic (exact) mass is 1850 g/mol. The van der Waals surface area contributed by atoms with Crippen LogP contribution in [0.15, 0.2) is 35.5 Å². The Morgan fingerprint density at radius 1 is 0.496 bits per heavy atom. The van der Waals surface area contributed by atoms with Crippen molar-refractivity contribution >= 4 is 82.6 Å². The summed E-state index contributed by atoms with van der Waals surface area (Å²) in [6.45, 7) is -1.39. The van der Waals surface area contributed by atoms with Crippen LogP contribution in [0, 0.1) is 0 Å². The molecule has 7 heterocycles. The fraction of sp³-hybridized carbons (Fsp3) is 0.750. The summed E-state index contributed by atoms with van der Waals surface area (Å²) in [6, 6.07) is -3.98. The summed E-state index contributed by atoms with van der Waals surface area (Å²) in [7, 11) is -21.3. The van der Waals surface area contributed by atoms with Crippen LogP contribution in [0.1, 0.15) is 26.2 Å². The van der Waals surface area contributed by atoms with E-state index in [4.69, 9.17) is 49.6 Å². The summed E-state index contributed by atoms with van der Waals surface area (Å²) in [6.07, 6.45) is -29.6. The van der Waals surface area contributed by atoms with Crippen molar-refractivity contribution in [2.75, 3.05) is 39.6 Å². The third kappa shape index (κ3) is 56.6. The number of aliphatic hydroxyl groups is 14. The van der Waals surface area contributed by atoms with Gasteiger partial charge in [0.2, 0.25) is 37.1 Å². The molecule has 7 rings (SSSR count). The van der Waals surface area contributed by atoms with E-state index >= 15 is 0 Å². The molecule has 4 saturated heterocycles. The second kappa shape index (κ2) is 68.7. The van der Waals surface area contributed by atoms with Gasteiger partial charge in [0.1, 0.15) is 116 Å². The first-order valence-corrected chi connectivity index (χ1v) is 33.6. The number of aliphatic hydroxyl groups excluding tert-OH is 14. The number of rotatable bonds is 20. The van der Waals surface area contributed by atoms with Crippen LogP contribution in [0.5, 0.6) is 0 Å². The number of carboxylic acid groups (broad SMARTS) is 4. The molecule has 0 aromatic heterocycles. The van der Waals surface area contributed by atoms with Crippen molar-refractivity contribution in [1.29, 1.82) is 0 Å². The van der Waals surface area contributed by atoms with Gasteiger partial charge in [0, 0.05) is 37.5 Å². The molecule has 0 spiro atoms. The molecule has 113 heavy (non-hydrogen) atoms. The Bertz CT molecular complexity index is 3210. The average molecular weight is 1850 g/mol. The molecule has 1 amide bonds. The molecule has 0 radical (unpaired) electrons. The molecule has 4 fully saturated rings. The number of nitrogens with one attached hydrogen (secondary N) is 3. The number of ether oxygens (including phenoxy) is 8. The van der Waals surface area contributed by atoms with Crippen LogP contribution in [-0.4, -0.2) is 359 Å². The first-order chi connectivity index (χ1) is 45.9. The van der Waals surface area contributed by atoms with Crippen molar-refractivity contribution in [3.8, 4) is 0 Å². The first kappa shape index (κ1) is 143. The Morgan fingerprint density at radius 2 is 0.867 bits per heavy atom. The molecule has 7 aliphatic rings. The van der Waals surface area contributed by atoms with Crippen molar-refractivity contribution in [2.45, 2.75) is 167 Å². The molecule has 15 unspecified atom stereocenters. The predicted octanol–water partition coefficient (Wildman–Crippen LogP) is -53.3. The molecule has 0 bridgehead atoms. The molecule has 69 heteroatoms. The van der Waals surface area contributed by atoms with E-state index in [2.05, 4.69) is 36.8 Å². The van der Waals surface area contributed by atoms with E-state index in [1.165, 1.54) is 11.6 Å². The van der Waals surface area contributed by atoms with Crippen LogP contribution in [0.25, 0.3) is 0 Å². The normalized spacial score (nSPS) is 30.8. The van der Waals surface area contributed by atoms with Crippen molar-refractivity contribution < 1.29 is 539 Å². The zero-order chi connectivity index (χ0) is 76.9. The molecule has 606 valence electrons. The minimum atomic E-state index is -5.63. The number of carboxylic acids is 4. The Hall–Kier alpha value is 4.64. The van der Waals surface area contributed by atoms with Gasteiger partial charge in [-0.15, -0.1) is 0 Å². The second-order valence-corrected chi connectivity index (χ2v) is 25.4. The van der Waals surface area contributed by atoms with E-state index in [1.807, 2.05) is 4.72 Å². The SMILES string of the molecule is CC(=O)NC1C(O)OC(CO)C[C@H]1O.O.O.O.O=C([O-])C1=C[C@@H](O)C(O)CO1.O=C([O-])C1=C[C@@H](O)C(O)CO1.O=C([O-])C1=C[C@@H](O)C(OS(=O)(=O)[O-])CO1.O=C([O-])C1OC(O)C(OS(=O)(=O)[O-])[C@H](O)[C@H]1O[C@@H]1OC(COS(=O)(=O)[O-])C[C@@H](O)C1NS(=O)(=O)[O-].O=S([O-])NC1C(O)OC(CO)C[C@H]1O.[Na+].[Na+].[Na+].[Na+].[Na+].[Na+].[Na+].[Na+].[Na+].[Na+]. The fourth-order valence-electron chi connectivity index (χ4n) is 8.33. The largest absolute Gasteiger partial charge is 1.00 e. The Kier molecular flexibility index (Phi) is 87.2. The van der Waals surface area contributed by atoms with Gasteiger partial charge < -0.3 is 193 Å². The number of aliphatic carboxylic acids is 4. The van der Waals surface area contributed by atoms with E-state index in [9.17, 15) is 146 Å². The maximum Gasteiger partial charge on any atom is 1.00 e. The summed E-state index contributed by atoms with van der Waals surface area (Å²) in [4.78, 5) is 52.6. The molecule has 23 N–H and O–H groups in total. The van der Waals surface area contributed by atoms with E-state index in [0.29, 0.717) is 6.08 Å². The second-order valence-electron chi connectivity index (χ2n) is 20.5. The van der Waals surface area contributed by atoms with Gasteiger partial charge in [0.25, 0.3) is 0 Å². The van der Waals surface area contributed by atoms with Gasteiger partial charge >= 0.3 is 296 Å². The van der Waals surface area contributed by atoms with Gasteiger partial charge in [-0.25, -0.2) is 43.1 Å². The predicted molar refractivity (Wildman–Crippen MR) is 296 cm³/mol. The molecule has 0 saturated carbocycles. The van der Waals surface area contributed by atoms with Crippen molar-refractivity contribution in [1.82, 2.24) is 14.8 Å². The Labute approximate surface area is 865 Å². The summed E-state index contributed by atoms with van der Waals surface area (Å²) in [5.41, 5.74) is 0. The van der Waals surface area contributed by atoms with Crippen LogP contribution < -0.4 is 331 Å². The number of hydrogen-bond donors (Lipinski definition) is 17. The van der Waals surface area contributed by atoms with Gasteiger partial charge in [-0.05, 0) is 18.2 Å². The van der Waals surface area contributed by atoms with E-state index < -0.39 is 255 Å². The quantitative estimate of drug-likeness (QED) is 0.0233. The average Bonchev–Trinajstić information content (AvgIpc) is 0.776. The van der Waals surface area contributed by atoms with E-state index in [1.54, 1.807) is 0 Å². The third-order valence-corrected chi connectivity index (χ3v) is 15.2. The van der Waals surface area contributed by atoms with Gasteiger partial charge in [-0.1, -0.05) is 0 Å². The molecule has 54 nitrogen and oxygen atoms in total. The molecule has 0 aromatic rings. The number of carbonyl (C=O) groups is 5. The van der Waals surface area contributed by atoms with Crippen molar-refractivity contribution in [3.63, 3.8) is 0 Å². The smallest absolute Gasteiger partial charge is 0.760 e. The molecule has 24 atom stereocenters. The summed E-state index contributed by atoms with van der Waals surface area (Å²) < 4.78 is 202. The van der Waals surface area contributed by atoms with Crippen LogP contribution >= 0.6 is 0 Å². The van der Waals surface area contributed by atoms with Gasteiger partial charge in [0.15, 0.2) is 41.6 Å². The number of hydrogen-bond acceptors (Lipinski definition) is 48. The summed E-state index contributed by atoms with van der Waals surface area (Å²) in [5, 5.41) is 174. The standard InChI is InChI=1S/C12H21NO19S3.C8H15NO5.C6H13NO6S.C6H8O8S.2C6H8O5.10Na.3H2O/c14-4-1-3(2-28-34(22,23)24)29-12(5(4)13-33(19,20)21)31-7-6(15)8(32-35(25,26)27)11(18)30-9(7)10(16)17;1-4(11)9-7-6(12)2-5(3-10)14-8(7)13;8-2-3-1-4(9)5(6(10)13-3)7-14(11)12;7-3-1-4(6(8)9)13-2-5(3)14-15(10,11)12;2*7-3-1-5(6(9)10)11-2-4(3)8;;;;;;;;;;;;;/h3-9,11-15,18H,1-2H2,(H,16,17)(H,19,20,21)(H,22,23,24)(H,25,26,27);5-8,10,12-13H,2-3H2,1H3,(H,9,11);3-10H,1-2H2,(H,11,12);1,3,5,7H,2H2,(H,8,9)(H,10,11,12);2*1,3-4,7-8H,2H2,(H,9,10);;;;;;;;;;;3*1H2/q;;;;;;10*+1;;;/p-9/t3?,4-,5?,6-,7-,8?,9?,11?,12+;5?,6-,7?,8?;3?,4-,5?,6?;3-,5?;2*3-,4?;;;;;;;;;;;;;/m111111............./s1. The first-order valence-electron chi connectivity index (χ1n) is 27.2. The van der Waals surface area contributed by atoms with Crippen LogP contribution in [0.4, 0.5) is 0 Å². The Morgan fingerprint density at radius 3 is 1.19 bits per heavy atom. The van der Waals surface area contributed by atoms with Crippen LogP contribution in [-0.2, 0) is 127 Å². The van der Waals surface area contributed by atoms with Gasteiger partial charge in [-0.3, -0.25) is 21.6 Å². The van der Waals surface area contributed by atoms with E-state index in [0.717, 1.165) is 12.2 Å². The van der Waals surface area contributed by atoms with Crippen molar-refractivity contribution in [2.24, 2.45) is 0 Å².